The molecule has 3 N–H and O–H groups in total. The van der Waals surface area contributed by atoms with Crippen molar-refractivity contribution in [3.05, 3.63) is 26.0 Å². The van der Waals surface area contributed by atoms with Crippen molar-refractivity contribution in [2.45, 2.75) is 25.8 Å². The number of nitrogens with two attached hydrogens (primary N) is 1. The molecule has 0 radical (unpaired) electrons. The number of H-pyrrole nitrogens is 1. The van der Waals surface area contributed by atoms with Crippen molar-refractivity contribution in [2.75, 3.05) is 0 Å². The minimum absolute atomic E-state index is 0.0973. The van der Waals surface area contributed by atoms with Crippen LogP contribution in [0.15, 0.2) is 14.6 Å². The zero-order chi connectivity index (χ0) is 11.9. The SMILES string of the molecule is CC(C)(N)Cc1nc2cc(Br)sc2c(=O)[nH]1. The Bertz CT molecular complexity index is 582. The molecule has 0 fully saturated rings. The molecule has 0 aliphatic carbocycles. The van der Waals surface area contributed by atoms with Crippen LogP contribution in [0, 0.1) is 0 Å². The third-order valence-electron chi connectivity index (χ3n) is 2.02. The van der Waals surface area contributed by atoms with Gasteiger partial charge in [0.15, 0.2) is 0 Å². The number of thiophene rings is 1. The molecular weight excluding hydrogens is 290 g/mol. The maximum atomic E-state index is 11.8. The number of nitrogens with zero attached hydrogens (tertiary/aromatic N) is 1. The standard InChI is InChI=1S/C10H12BrN3OS/c1-10(2,12)4-7-13-5-3-6(11)16-8(5)9(15)14-7/h3H,4,12H2,1-2H3,(H,13,14,15). The lowest BCUT2D eigenvalue weighted by Gasteiger charge is -2.16. The normalized spacial score (nSPS) is 12.2. The molecular formula is C10H12BrN3OS. The lowest BCUT2D eigenvalue weighted by molar-refractivity contribution is 0.502. The van der Waals surface area contributed by atoms with Gasteiger partial charge in [-0.1, -0.05) is 0 Å². The summed E-state index contributed by atoms with van der Waals surface area (Å²) in [5.41, 5.74) is 6.14. The number of halogens is 1. The largest absolute Gasteiger partial charge is 0.325 e. The van der Waals surface area contributed by atoms with Crippen LogP contribution >= 0.6 is 27.3 Å². The summed E-state index contributed by atoms with van der Waals surface area (Å²) in [6.07, 6.45) is 0.547. The lowest BCUT2D eigenvalue weighted by atomic mass is 10.0. The van der Waals surface area contributed by atoms with Gasteiger partial charge in [-0.2, -0.15) is 0 Å². The molecule has 0 aliphatic rings. The molecule has 2 aromatic heterocycles. The van der Waals surface area contributed by atoms with E-state index in [0.717, 1.165) is 9.30 Å². The minimum Gasteiger partial charge on any atom is -0.325 e. The van der Waals surface area contributed by atoms with Gasteiger partial charge in [0.2, 0.25) is 0 Å². The molecule has 0 aromatic carbocycles. The van der Waals surface area contributed by atoms with E-state index in [1.807, 2.05) is 19.9 Å². The number of rotatable bonds is 2. The zero-order valence-electron chi connectivity index (χ0n) is 9.00. The molecule has 2 aromatic rings. The Morgan fingerprint density at radius 3 is 2.94 bits per heavy atom. The number of nitrogens with one attached hydrogen (secondary N) is 1. The van der Waals surface area contributed by atoms with Crippen LogP contribution in [0.3, 0.4) is 0 Å². The molecule has 0 saturated heterocycles. The van der Waals surface area contributed by atoms with E-state index in [2.05, 4.69) is 25.9 Å². The third kappa shape index (κ3) is 2.50. The third-order valence-corrected chi connectivity index (χ3v) is 3.65. The Hall–Kier alpha value is -0.720. The number of aromatic amines is 1. The van der Waals surface area contributed by atoms with Crippen molar-refractivity contribution < 1.29 is 0 Å². The average molecular weight is 302 g/mol. The predicted octanol–water partition coefficient (Wildman–Crippen LogP) is 2.03. The smallest absolute Gasteiger partial charge is 0.268 e. The van der Waals surface area contributed by atoms with Crippen LogP contribution in [0.5, 0.6) is 0 Å². The number of hydrogen-bond acceptors (Lipinski definition) is 4. The highest BCUT2D eigenvalue weighted by Gasteiger charge is 2.15. The fourth-order valence-electron chi connectivity index (χ4n) is 1.47. The van der Waals surface area contributed by atoms with Gasteiger partial charge in [-0.25, -0.2) is 4.98 Å². The second kappa shape index (κ2) is 3.94. The lowest BCUT2D eigenvalue weighted by Crippen LogP contribution is -2.35. The molecule has 2 heterocycles. The molecule has 0 bridgehead atoms. The summed E-state index contributed by atoms with van der Waals surface area (Å²) < 4.78 is 1.55. The van der Waals surface area contributed by atoms with Gasteiger partial charge >= 0.3 is 0 Å². The summed E-state index contributed by atoms with van der Waals surface area (Å²) in [5, 5.41) is 0. The molecule has 0 amide bonds. The Labute approximate surface area is 105 Å². The molecule has 0 unspecified atom stereocenters. The maximum absolute atomic E-state index is 11.8. The summed E-state index contributed by atoms with van der Waals surface area (Å²) in [6.45, 7) is 3.81. The summed E-state index contributed by atoms with van der Waals surface area (Å²) in [4.78, 5) is 18.9. The van der Waals surface area contributed by atoms with Crippen LogP contribution in [0.1, 0.15) is 19.7 Å². The van der Waals surface area contributed by atoms with Crippen LogP contribution < -0.4 is 11.3 Å². The zero-order valence-corrected chi connectivity index (χ0v) is 11.4. The Kier molecular flexibility index (Phi) is 2.90. The topological polar surface area (TPSA) is 71.8 Å². The Morgan fingerprint density at radius 2 is 2.31 bits per heavy atom. The summed E-state index contributed by atoms with van der Waals surface area (Å²) >= 11 is 4.73. The highest BCUT2D eigenvalue weighted by molar-refractivity contribution is 9.11. The Morgan fingerprint density at radius 1 is 1.62 bits per heavy atom. The number of hydrogen-bond donors (Lipinski definition) is 2. The van der Waals surface area contributed by atoms with Gasteiger partial charge in [0.25, 0.3) is 5.56 Å². The molecule has 0 saturated carbocycles. The molecule has 6 heteroatoms. The monoisotopic (exact) mass is 301 g/mol. The van der Waals surface area contributed by atoms with E-state index in [4.69, 9.17) is 5.73 Å². The molecule has 2 rings (SSSR count). The van der Waals surface area contributed by atoms with E-state index in [1.165, 1.54) is 11.3 Å². The summed E-state index contributed by atoms with van der Waals surface area (Å²) in [6, 6.07) is 1.85. The van der Waals surface area contributed by atoms with Crippen LogP contribution in [0.2, 0.25) is 0 Å². The van der Waals surface area contributed by atoms with E-state index in [0.29, 0.717) is 16.9 Å². The minimum atomic E-state index is -0.378. The molecule has 0 aliphatic heterocycles. The van der Waals surface area contributed by atoms with Gasteiger partial charge in [-0.15, -0.1) is 11.3 Å². The predicted molar refractivity (Wildman–Crippen MR) is 69.9 cm³/mol. The first-order valence-electron chi connectivity index (χ1n) is 4.82. The average Bonchev–Trinajstić information content (AvgIpc) is 2.42. The van der Waals surface area contributed by atoms with Crippen molar-refractivity contribution in [2.24, 2.45) is 5.73 Å². The van der Waals surface area contributed by atoms with Gasteiger partial charge in [0, 0.05) is 12.0 Å². The molecule has 16 heavy (non-hydrogen) atoms. The first-order chi connectivity index (χ1) is 7.35. The number of aromatic nitrogens is 2. The van der Waals surface area contributed by atoms with Gasteiger partial charge in [0.1, 0.15) is 10.5 Å². The van der Waals surface area contributed by atoms with Crippen LogP contribution in [0.25, 0.3) is 10.2 Å². The quantitative estimate of drug-likeness (QED) is 0.891. The van der Waals surface area contributed by atoms with Gasteiger partial charge < -0.3 is 10.7 Å². The Balaban J connectivity index is 2.54. The highest BCUT2D eigenvalue weighted by atomic mass is 79.9. The van der Waals surface area contributed by atoms with Crippen LogP contribution in [-0.4, -0.2) is 15.5 Å². The summed E-state index contributed by atoms with van der Waals surface area (Å²) in [5.74, 6) is 0.635. The first kappa shape index (κ1) is 11.8. The van der Waals surface area contributed by atoms with Crippen LogP contribution in [0.4, 0.5) is 0 Å². The van der Waals surface area contributed by atoms with Crippen molar-refractivity contribution >= 4 is 37.5 Å². The van der Waals surface area contributed by atoms with E-state index >= 15 is 0 Å². The van der Waals surface area contributed by atoms with Gasteiger partial charge in [0.05, 0.1) is 9.30 Å². The molecule has 0 atom stereocenters. The molecule has 86 valence electrons. The second-order valence-electron chi connectivity index (χ2n) is 4.44. The molecule has 4 nitrogen and oxygen atoms in total. The van der Waals surface area contributed by atoms with Crippen molar-refractivity contribution in [3.8, 4) is 0 Å². The van der Waals surface area contributed by atoms with Crippen molar-refractivity contribution in [1.29, 1.82) is 0 Å². The van der Waals surface area contributed by atoms with Gasteiger partial charge in [-0.05, 0) is 35.8 Å². The van der Waals surface area contributed by atoms with E-state index in [9.17, 15) is 4.79 Å². The van der Waals surface area contributed by atoms with E-state index in [-0.39, 0.29) is 11.1 Å². The van der Waals surface area contributed by atoms with Gasteiger partial charge in [-0.3, -0.25) is 4.79 Å². The summed E-state index contributed by atoms with van der Waals surface area (Å²) in [7, 11) is 0. The fraction of sp³-hybridized carbons (Fsp3) is 0.400. The van der Waals surface area contributed by atoms with E-state index in [1.54, 1.807) is 0 Å². The van der Waals surface area contributed by atoms with Crippen LogP contribution in [-0.2, 0) is 6.42 Å². The maximum Gasteiger partial charge on any atom is 0.268 e. The first-order valence-corrected chi connectivity index (χ1v) is 6.43. The fourth-order valence-corrected chi connectivity index (χ4v) is 2.90. The second-order valence-corrected chi connectivity index (χ2v) is 6.87. The van der Waals surface area contributed by atoms with Crippen molar-refractivity contribution in [3.63, 3.8) is 0 Å². The van der Waals surface area contributed by atoms with E-state index < -0.39 is 0 Å². The number of fused-ring (bicyclic) bond motifs is 1. The van der Waals surface area contributed by atoms with Crippen molar-refractivity contribution in [1.82, 2.24) is 9.97 Å². The highest BCUT2D eigenvalue weighted by Crippen LogP contribution is 2.25. The molecule has 0 spiro atoms.